The van der Waals surface area contributed by atoms with Gasteiger partial charge in [-0.25, -0.2) is 0 Å². The zero-order chi connectivity index (χ0) is 97.5. The van der Waals surface area contributed by atoms with Crippen molar-refractivity contribution in [1.82, 2.24) is 42.3 Å². The standard InChI is InChI=1S/C64H47B4N5Si.C64H46B4N4SSi/c1-3-21-49(22-4-1)74(50-23-5-2-6-24-50,52-37-41-68-71-44-19-16-39-66(71)69-42-18-15-38-65(69)70-43-20-17-40-67(70)72(68)47-52)51-34-36-58-53-25-7-9-27-55(53)61-45-48(33-35-57(61)54-26-8-10-28-56(54)62(58)46-51)73-63-31-13-11-29-59(63)60-30-12-14-32-64(60)73;1-3-20-48(21-4-1)74(49-22-5-2-6-23-49,51-36-40-68-71-43-17-14-38-66(71)69-41-16-13-37-65(69)70-42-18-15-39-67(70)72(68)46-51)50-33-35-58-53-24-7-9-26-55(53)61-44-47(32-34-57(61)54-25-8-10-27-56(54)62(58)45-50)52-29-19-30-60-59-28-11-12-31-63(59)73-64(52)60/h1-47H;1-46H. The number of aromatic nitrogens is 1. The first-order valence-corrected chi connectivity index (χ1v) is 56.5. The van der Waals surface area contributed by atoms with Gasteiger partial charge in [0.1, 0.15) is 0 Å². The monoisotopic (exact) mass is 1930 g/mol. The highest BCUT2D eigenvalue weighted by atomic mass is 32.1. The molecule has 0 bridgehead atoms. The van der Waals surface area contributed by atoms with Crippen LogP contribution in [-0.2, 0) is 0 Å². The van der Waals surface area contributed by atoms with E-state index in [0.29, 0.717) is 0 Å². The van der Waals surface area contributed by atoms with Gasteiger partial charge in [-0.1, -0.05) is 442 Å². The molecule has 0 amide bonds. The Balaban J connectivity index is 0.000000140. The van der Waals surface area contributed by atoms with E-state index >= 15 is 0 Å². The fourth-order valence-corrected chi connectivity index (χ4v) is 36.8. The molecule has 0 unspecified atom stereocenters. The van der Waals surface area contributed by atoms with E-state index in [0.717, 1.165) is 5.69 Å². The van der Waals surface area contributed by atoms with E-state index < -0.39 is 16.1 Å². The number of hydrogen-bond donors (Lipinski definition) is 0. The lowest BCUT2D eigenvalue weighted by Crippen LogP contribution is -2.74. The van der Waals surface area contributed by atoms with Crippen LogP contribution in [0.1, 0.15) is 0 Å². The number of fused-ring (bicyclic) bond motifs is 38. The van der Waals surface area contributed by atoms with Gasteiger partial charge in [-0.05, 0) is 264 Å². The summed E-state index contributed by atoms with van der Waals surface area (Å²) in [5, 5.41) is 15.9. The van der Waals surface area contributed by atoms with Gasteiger partial charge in [0.25, 0.3) is 0 Å². The van der Waals surface area contributed by atoms with E-state index in [1.165, 1.54) is 184 Å². The Bertz CT molecular complexity index is 8840. The average Bonchev–Trinajstić information content (AvgIpc) is 1.00. The lowest BCUT2D eigenvalue weighted by atomic mass is 9.42. The second-order valence-corrected chi connectivity index (χ2v) is 48.6. The van der Waals surface area contributed by atoms with Gasteiger partial charge in [-0.15, -0.1) is 11.3 Å². The van der Waals surface area contributed by atoms with Gasteiger partial charge in [0.05, 0.1) is 11.0 Å². The van der Waals surface area contributed by atoms with Gasteiger partial charge in [0.2, 0.25) is 0 Å². The molecule has 0 spiro atoms. The Hall–Kier alpha value is -17.3. The Morgan fingerprint density at radius 1 is 0.189 bits per heavy atom. The Morgan fingerprint density at radius 3 is 0.858 bits per heavy atom. The maximum Gasteiger partial charge on any atom is 0.380 e. The number of hydrogen-bond acceptors (Lipinski definition) is 9. The molecule has 2 aliphatic carbocycles. The predicted octanol–water partition coefficient (Wildman–Crippen LogP) is 24.6. The summed E-state index contributed by atoms with van der Waals surface area (Å²) in [5.41, 5.74) is 25.9. The van der Waals surface area contributed by atoms with Crippen molar-refractivity contribution in [2.45, 2.75) is 0 Å². The SMILES string of the molecule is C1=CB2N(C=C1)B1C=CC=CN1B1C=CC([Si](c3ccccc3)(c3ccccc3)c3ccc4c(c3)-c3ccccc3-c3ccc(-c5cccc6c5sc5ccccc56)cc3-c3ccccc3-4)=CN1B1C=CC=CN21.C1=CB2N(C=C1)B1C=CC=CN1B1C=CC([Si](c3ccccc3)(c3ccccc3)c3ccc4c(c3)-c3ccccc3-c3ccc(-n5c6ccccc6c6ccccc65)cc3-c3ccccc3-4)=CN1B1C=CC=CN21. The van der Waals surface area contributed by atoms with Crippen LogP contribution in [0.3, 0.4) is 0 Å². The van der Waals surface area contributed by atoms with E-state index in [-0.39, 0.29) is 55.9 Å². The fourth-order valence-electron chi connectivity index (χ4n) is 26.1. The van der Waals surface area contributed by atoms with E-state index in [1.54, 1.807) is 0 Å². The van der Waals surface area contributed by atoms with E-state index in [2.05, 4.69) is 607 Å². The molecular formula is C128H93B8N9SSi2. The number of rotatable bonds is 10. The Kier molecular flexibility index (Phi) is 21.2. The maximum atomic E-state index is 2.62. The first kappa shape index (κ1) is 87.3. The molecule has 18 aromatic rings. The number of thiophene rings is 1. The van der Waals surface area contributed by atoms with E-state index in [1.807, 2.05) is 11.3 Å². The first-order valence-electron chi connectivity index (χ1n) is 51.6. The Labute approximate surface area is 872 Å². The van der Waals surface area contributed by atoms with Crippen LogP contribution in [0.15, 0.2) is 575 Å². The molecule has 0 radical (unpaired) electrons. The molecule has 20 heteroatoms. The largest absolute Gasteiger partial charge is 0.423 e. The van der Waals surface area contributed by atoms with Gasteiger partial charge in [0, 0.05) is 36.6 Å². The zero-order valence-corrected chi connectivity index (χ0v) is 84.1. The van der Waals surface area contributed by atoms with E-state index in [4.69, 9.17) is 0 Å². The first-order chi connectivity index (χ1) is 73.5. The lowest BCUT2D eigenvalue weighted by molar-refractivity contribution is 0.620. The average molecular weight is 1930 g/mol. The molecule has 2 fully saturated rings. The number of benzene rings is 16. The molecule has 688 valence electrons. The quantitative estimate of drug-likeness (QED) is 0.0989. The van der Waals surface area contributed by atoms with Gasteiger partial charge >= 0.3 is 55.9 Å². The highest BCUT2D eigenvalue weighted by Gasteiger charge is 2.56. The molecule has 0 saturated carbocycles. The van der Waals surface area contributed by atoms with E-state index in [9.17, 15) is 0 Å². The summed E-state index contributed by atoms with van der Waals surface area (Å²) in [6.45, 7) is -0.129. The van der Waals surface area contributed by atoms with Crippen molar-refractivity contribution in [3.63, 3.8) is 0 Å². The third-order valence-electron chi connectivity index (χ3n) is 32.5. The molecule has 0 N–H and O–H groups in total. The minimum absolute atomic E-state index is 0.0192. The van der Waals surface area contributed by atoms with Crippen LogP contribution >= 0.6 is 11.3 Å². The van der Waals surface area contributed by atoms with Crippen LogP contribution in [0.2, 0.25) is 0 Å². The summed E-state index contributed by atoms with van der Waals surface area (Å²) >= 11 is 1.89. The van der Waals surface area contributed by atoms with Gasteiger partial charge in [0.15, 0.2) is 16.1 Å². The molecular weight excluding hydrogens is 1840 g/mol. The van der Waals surface area contributed by atoms with Crippen molar-refractivity contribution in [2.75, 3.05) is 0 Å². The third-order valence-corrected chi connectivity index (χ3v) is 43.2. The second kappa shape index (κ2) is 35.9. The second-order valence-electron chi connectivity index (χ2n) is 39.9. The summed E-state index contributed by atoms with van der Waals surface area (Å²) in [5.74, 6) is 19.0. The molecule has 148 heavy (non-hydrogen) atoms. The summed E-state index contributed by atoms with van der Waals surface area (Å²) in [6, 6.07) is 145. The van der Waals surface area contributed by atoms with Crippen molar-refractivity contribution in [3.05, 3.63) is 575 Å². The minimum Gasteiger partial charge on any atom is -0.423 e. The highest BCUT2D eigenvalue weighted by Crippen LogP contribution is 2.53. The summed E-state index contributed by atoms with van der Waals surface area (Å²) < 4.78 is 25.4. The van der Waals surface area contributed by atoms with Gasteiger partial charge in [-0.3, -0.25) is 0 Å². The molecule has 0 atom stereocenters. The highest BCUT2D eigenvalue weighted by molar-refractivity contribution is 7.26. The van der Waals surface area contributed by atoms with Crippen molar-refractivity contribution in [3.8, 4) is 106 Å². The lowest BCUT2D eigenvalue weighted by Gasteiger charge is -2.54. The van der Waals surface area contributed by atoms with Gasteiger partial charge in [-0.2, -0.15) is 0 Å². The van der Waals surface area contributed by atoms with Crippen LogP contribution < -0.4 is 31.1 Å². The number of allylic oxidation sites excluding steroid dienone is 16. The molecule has 30 rings (SSSR count). The van der Waals surface area contributed by atoms with Crippen molar-refractivity contribution in [1.29, 1.82) is 0 Å². The Morgan fingerprint density at radius 2 is 0.473 bits per heavy atom. The summed E-state index contributed by atoms with van der Waals surface area (Å²) in [7, 11) is -6.26. The van der Waals surface area contributed by atoms with Crippen molar-refractivity contribution >= 4 is 156 Å². The topological polar surface area (TPSA) is 30.9 Å². The van der Waals surface area contributed by atoms with Crippen LogP contribution in [0.5, 0.6) is 0 Å². The van der Waals surface area contributed by atoms with Gasteiger partial charge < -0.3 is 42.3 Å². The summed E-state index contributed by atoms with van der Waals surface area (Å²) in [4.78, 5) is 0. The summed E-state index contributed by atoms with van der Waals surface area (Å²) in [6.07, 6.45) is 49.9. The van der Waals surface area contributed by atoms with Crippen LogP contribution in [-0.4, -0.2) is 114 Å². The predicted molar refractivity (Wildman–Crippen MR) is 636 cm³/mol. The van der Waals surface area contributed by atoms with Crippen molar-refractivity contribution < 1.29 is 0 Å². The molecule has 9 nitrogen and oxygen atoms in total. The number of nitrogens with zero attached hydrogens (tertiary/aromatic N) is 9. The molecule has 12 aliphatic rings. The zero-order valence-electron chi connectivity index (χ0n) is 81.2. The molecule has 16 aromatic carbocycles. The molecule has 2 saturated heterocycles. The maximum absolute atomic E-state index is 3.14. The molecule has 12 heterocycles. The van der Waals surface area contributed by atoms with Crippen LogP contribution in [0, 0.1) is 0 Å². The molecule has 2 aromatic heterocycles. The third kappa shape index (κ3) is 13.8. The fraction of sp³-hybridized carbons (Fsp3) is 0. The van der Waals surface area contributed by atoms with Crippen molar-refractivity contribution in [2.24, 2.45) is 0 Å². The van der Waals surface area contributed by atoms with Crippen LogP contribution in [0.25, 0.3) is 148 Å². The normalized spacial score (nSPS) is 15.9. The minimum atomic E-state index is -3.14. The van der Waals surface area contributed by atoms with Crippen LogP contribution in [0.4, 0.5) is 0 Å². The molecule has 10 aliphatic heterocycles. The number of para-hydroxylation sites is 2. The smallest absolute Gasteiger partial charge is 0.380 e.